The quantitative estimate of drug-likeness (QED) is 0.364. The molecule has 2 aromatic heterocycles. The van der Waals surface area contributed by atoms with Crippen molar-refractivity contribution in [2.24, 2.45) is 5.92 Å². The van der Waals surface area contributed by atoms with Gasteiger partial charge in [0.05, 0.1) is 5.70 Å². The van der Waals surface area contributed by atoms with Gasteiger partial charge in [0, 0.05) is 37.5 Å². The van der Waals surface area contributed by atoms with Crippen molar-refractivity contribution >= 4 is 23.5 Å². The summed E-state index contributed by atoms with van der Waals surface area (Å²) < 4.78 is 42.5. The van der Waals surface area contributed by atoms with E-state index in [0.29, 0.717) is 18.5 Å². The van der Waals surface area contributed by atoms with Gasteiger partial charge in [0.25, 0.3) is 5.91 Å². The minimum atomic E-state index is -4.41. The zero-order valence-corrected chi connectivity index (χ0v) is 17.8. The summed E-state index contributed by atoms with van der Waals surface area (Å²) in [7, 11) is 1.58. The molecule has 1 fully saturated rings. The molecule has 0 bridgehead atoms. The van der Waals surface area contributed by atoms with E-state index in [1.165, 1.54) is 29.4 Å². The normalized spacial score (nSPS) is 16.6. The van der Waals surface area contributed by atoms with Gasteiger partial charge in [0.2, 0.25) is 11.8 Å². The molecule has 3 heterocycles. The fourth-order valence-electron chi connectivity index (χ4n) is 3.05. The van der Waals surface area contributed by atoms with E-state index < -0.39 is 18.6 Å². The van der Waals surface area contributed by atoms with Crippen LogP contribution in [0, 0.1) is 11.3 Å². The van der Waals surface area contributed by atoms with E-state index in [-0.39, 0.29) is 40.8 Å². The third kappa shape index (κ3) is 5.87. The van der Waals surface area contributed by atoms with Crippen LogP contribution < -0.4 is 16.0 Å². The average molecular weight is 465 g/mol. The molecule has 0 aromatic carbocycles. The van der Waals surface area contributed by atoms with Crippen molar-refractivity contribution in [2.45, 2.75) is 19.5 Å². The molecule has 1 aliphatic heterocycles. The van der Waals surface area contributed by atoms with Gasteiger partial charge >= 0.3 is 6.18 Å². The largest absolute Gasteiger partial charge is 0.444 e. The summed E-state index contributed by atoms with van der Waals surface area (Å²) in [6, 6.07) is 2.77. The van der Waals surface area contributed by atoms with Crippen LogP contribution in [-0.4, -0.2) is 58.8 Å². The number of oxazole rings is 1. The summed E-state index contributed by atoms with van der Waals surface area (Å²) in [5.74, 6) is -1.30. The van der Waals surface area contributed by atoms with E-state index in [4.69, 9.17) is 9.83 Å². The van der Waals surface area contributed by atoms with Crippen LogP contribution >= 0.6 is 0 Å². The number of amides is 2. The molecule has 2 amide bonds. The predicted octanol–water partition coefficient (Wildman–Crippen LogP) is 2.35. The number of aromatic nitrogens is 2. The lowest BCUT2D eigenvalue weighted by molar-refractivity contribution is -0.127. The first-order valence-electron chi connectivity index (χ1n) is 9.90. The standard InChI is InChI=1S/C20H22F3N7O3/c1-11-4-6-30(19(11)32)16(24)13(8-25-2)28-17(31)14-9-33-18(29-14)12-3-5-26-15(7-12)27-10-20(21,22)23/h3,5,7-9,11,24-25H,4,6,10H2,1-2H3,(H,26,27)(H,28,31)/b13-8+,24-16?/t11-/m1/s1. The molecule has 1 aliphatic rings. The lowest BCUT2D eigenvalue weighted by Gasteiger charge is -2.19. The zero-order valence-electron chi connectivity index (χ0n) is 17.8. The van der Waals surface area contributed by atoms with Gasteiger partial charge in [-0.3, -0.25) is 19.9 Å². The second-order valence-electron chi connectivity index (χ2n) is 7.27. The monoisotopic (exact) mass is 465 g/mol. The minimum absolute atomic E-state index is 0.00428. The third-order valence-electron chi connectivity index (χ3n) is 4.75. The van der Waals surface area contributed by atoms with Crippen LogP contribution in [0.25, 0.3) is 11.5 Å². The number of nitrogens with one attached hydrogen (secondary N) is 4. The Morgan fingerprint density at radius 3 is 2.82 bits per heavy atom. The van der Waals surface area contributed by atoms with Crippen molar-refractivity contribution in [1.29, 1.82) is 5.41 Å². The number of amidine groups is 1. The van der Waals surface area contributed by atoms with Crippen LogP contribution in [0.4, 0.5) is 19.0 Å². The van der Waals surface area contributed by atoms with Crippen LogP contribution in [0.3, 0.4) is 0 Å². The van der Waals surface area contributed by atoms with E-state index >= 15 is 0 Å². The fourth-order valence-corrected chi connectivity index (χ4v) is 3.05. The Morgan fingerprint density at radius 2 is 2.18 bits per heavy atom. The molecule has 3 rings (SSSR count). The lowest BCUT2D eigenvalue weighted by Crippen LogP contribution is -2.40. The van der Waals surface area contributed by atoms with Crippen molar-refractivity contribution in [3.63, 3.8) is 0 Å². The summed E-state index contributed by atoms with van der Waals surface area (Å²) in [6.07, 6.45) is -0.0615. The van der Waals surface area contributed by atoms with E-state index in [9.17, 15) is 22.8 Å². The molecule has 1 atom stereocenters. The Labute approximate surface area is 186 Å². The second kappa shape index (κ2) is 9.71. The number of pyridine rings is 1. The second-order valence-corrected chi connectivity index (χ2v) is 7.27. The summed E-state index contributed by atoms with van der Waals surface area (Å²) in [5, 5.41) is 15.7. The molecule has 0 saturated carbocycles. The molecule has 0 unspecified atom stereocenters. The van der Waals surface area contributed by atoms with E-state index in [1.807, 2.05) is 0 Å². The van der Waals surface area contributed by atoms with Crippen LogP contribution in [0.15, 0.2) is 40.9 Å². The molecule has 0 aliphatic carbocycles. The van der Waals surface area contributed by atoms with Gasteiger partial charge in [0.1, 0.15) is 18.6 Å². The SMILES string of the molecule is CN/C=C(/NC(=O)c1coc(-c2ccnc(NCC(F)(F)F)c2)n1)C(=N)N1CC[C@@H](C)C1=O. The first kappa shape index (κ1) is 23.8. The van der Waals surface area contributed by atoms with Crippen LogP contribution in [0.2, 0.25) is 0 Å². The Hall–Kier alpha value is -3.90. The summed E-state index contributed by atoms with van der Waals surface area (Å²) in [4.78, 5) is 34.1. The van der Waals surface area contributed by atoms with Gasteiger partial charge in [0.15, 0.2) is 11.5 Å². The molecular weight excluding hydrogens is 443 g/mol. The number of rotatable bonds is 7. The Morgan fingerprint density at radius 1 is 1.42 bits per heavy atom. The fraction of sp³-hybridized carbons (Fsp3) is 0.350. The summed E-state index contributed by atoms with van der Waals surface area (Å²) in [6.45, 7) is 0.889. The zero-order chi connectivity index (χ0) is 24.2. The number of nitrogens with zero attached hydrogens (tertiary/aromatic N) is 3. The highest BCUT2D eigenvalue weighted by molar-refractivity contribution is 6.10. The molecule has 10 nitrogen and oxygen atoms in total. The number of halogens is 3. The van der Waals surface area contributed by atoms with Gasteiger partial charge < -0.3 is 20.4 Å². The first-order valence-corrected chi connectivity index (χ1v) is 9.90. The Bertz CT molecular complexity index is 1080. The number of anilines is 1. The maximum Gasteiger partial charge on any atom is 0.405 e. The number of hydrogen-bond donors (Lipinski definition) is 4. The molecule has 0 spiro atoms. The molecule has 1 saturated heterocycles. The molecule has 4 N–H and O–H groups in total. The first-order chi connectivity index (χ1) is 15.6. The van der Waals surface area contributed by atoms with Gasteiger partial charge in [-0.25, -0.2) is 9.97 Å². The number of likely N-dealkylation sites (tertiary alicyclic amines) is 1. The van der Waals surface area contributed by atoms with E-state index in [0.717, 1.165) is 6.26 Å². The highest BCUT2D eigenvalue weighted by Gasteiger charge is 2.32. The maximum absolute atomic E-state index is 12.7. The number of alkyl halides is 3. The number of hydrogen-bond acceptors (Lipinski definition) is 8. The Balaban J connectivity index is 1.72. The molecule has 13 heteroatoms. The van der Waals surface area contributed by atoms with Crippen LogP contribution in [0.5, 0.6) is 0 Å². The molecule has 0 radical (unpaired) electrons. The molecular formula is C20H22F3N7O3. The molecule has 33 heavy (non-hydrogen) atoms. The van der Waals surface area contributed by atoms with Crippen LogP contribution in [0.1, 0.15) is 23.8 Å². The van der Waals surface area contributed by atoms with Gasteiger partial charge in [-0.1, -0.05) is 6.92 Å². The van der Waals surface area contributed by atoms with Crippen molar-refractivity contribution in [3.8, 4) is 11.5 Å². The Kier molecular flexibility index (Phi) is 6.99. The number of carbonyl (C=O) groups is 2. The summed E-state index contributed by atoms with van der Waals surface area (Å²) in [5.41, 5.74) is 0.253. The topological polar surface area (TPSA) is 136 Å². The minimum Gasteiger partial charge on any atom is -0.444 e. The van der Waals surface area contributed by atoms with Crippen molar-refractivity contribution in [2.75, 3.05) is 25.5 Å². The van der Waals surface area contributed by atoms with Crippen LogP contribution in [-0.2, 0) is 4.79 Å². The summed E-state index contributed by atoms with van der Waals surface area (Å²) >= 11 is 0. The van der Waals surface area contributed by atoms with Crippen molar-refractivity contribution in [3.05, 3.63) is 42.2 Å². The molecule has 176 valence electrons. The average Bonchev–Trinajstić information content (AvgIpc) is 3.39. The maximum atomic E-state index is 12.7. The smallest absolute Gasteiger partial charge is 0.405 e. The third-order valence-corrected chi connectivity index (χ3v) is 4.75. The van der Waals surface area contributed by atoms with Gasteiger partial charge in [-0.05, 0) is 18.6 Å². The number of carbonyl (C=O) groups excluding carboxylic acids is 2. The van der Waals surface area contributed by atoms with E-state index in [2.05, 4.69) is 25.9 Å². The highest BCUT2D eigenvalue weighted by Crippen LogP contribution is 2.23. The predicted molar refractivity (Wildman–Crippen MR) is 112 cm³/mol. The highest BCUT2D eigenvalue weighted by atomic mass is 19.4. The van der Waals surface area contributed by atoms with Crippen molar-refractivity contribution < 1.29 is 27.2 Å². The molecule has 2 aromatic rings. The van der Waals surface area contributed by atoms with E-state index in [1.54, 1.807) is 14.0 Å². The van der Waals surface area contributed by atoms with Gasteiger partial charge in [-0.2, -0.15) is 13.2 Å². The van der Waals surface area contributed by atoms with Crippen molar-refractivity contribution in [1.82, 2.24) is 25.5 Å². The lowest BCUT2D eigenvalue weighted by atomic mass is 10.1. The van der Waals surface area contributed by atoms with Gasteiger partial charge in [-0.15, -0.1) is 0 Å².